The van der Waals surface area contributed by atoms with Gasteiger partial charge < -0.3 is 4.74 Å². The maximum atomic E-state index is 10.9. The quantitative estimate of drug-likeness (QED) is 0.295. The summed E-state index contributed by atoms with van der Waals surface area (Å²) in [5.74, 6) is 1.11. The first-order valence-electron chi connectivity index (χ1n) is 9.99. The number of rotatable bonds is 8. The van der Waals surface area contributed by atoms with Gasteiger partial charge in [0.25, 0.3) is 0 Å². The Balaban J connectivity index is 1.72. The van der Waals surface area contributed by atoms with Crippen LogP contribution in [0.2, 0.25) is 5.02 Å². The Bertz CT molecular complexity index is 994. The number of ether oxygens (including phenoxy) is 1. The van der Waals surface area contributed by atoms with Crippen LogP contribution >= 0.6 is 11.6 Å². The van der Waals surface area contributed by atoms with Crippen molar-refractivity contribution in [3.63, 3.8) is 0 Å². The van der Waals surface area contributed by atoms with Crippen molar-refractivity contribution < 1.29 is 9.53 Å². The molecular formula is C26H27ClO2. The largest absolute Gasteiger partial charge is 0.493 e. The van der Waals surface area contributed by atoms with E-state index in [1.54, 1.807) is 6.07 Å². The Hall–Kier alpha value is -2.58. The number of aldehydes is 1. The average Bonchev–Trinajstić information content (AvgIpc) is 2.71. The molecule has 3 rings (SSSR count). The number of hydrogen-bond acceptors (Lipinski definition) is 2. The summed E-state index contributed by atoms with van der Waals surface area (Å²) in [7, 11) is 0. The molecule has 3 heteroatoms. The van der Waals surface area contributed by atoms with Crippen molar-refractivity contribution in [3.05, 3.63) is 99.1 Å². The van der Waals surface area contributed by atoms with Gasteiger partial charge in [0, 0.05) is 16.5 Å². The van der Waals surface area contributed by atoms with E-state index >= 15 is 0 Å². The molecule has 1 atom stereocenters. The normalized spacial score (nSPS) is 11.9. The molecule has 0 aliphatic rings. The Morgan fingerprint density at radius 3 is 2.38 bits per heavy atom. The minimum absolute atomic E-state index is 0.273. The van der Waals surface area contributed by atoms with E-state index in [-0.39, 0.29) is 5.92 Å². The van der Waals surface area contributed by atoms with E-state index in [0.717, 1.165) is 35.5 Å². The fourth-order valence-electron chi connectivity index (χ4n) is 3.61. The van der Waals surface area contributed by atoms with Gasteiger partial charge in [-0.1, -0.05) is 41.9 Å². The van der Waals surface area contributed by atoms with Crippen molar-refractivity contribution >= 4 is 17.9 Å². The molecule has 29 heavy (non-hydrogen) atoms. The second-order valence-electron chi connectivity index (χ2n) is 7.58. The number of hydrogen-bond donors (Lipinski definition) is 0. The number of aryl methyl sites for hydroxylation is 3. The van der Waals surface area contributed by atoms with Gasteiger partial charge in [-0.2, -0.15) is 0 Å². The van der Waals surface area contributed by atoms with E-state index in [4.69, 9.17) is 16.3 Å². The molecule has 2 nitrogen and oxygen atoms in total. The van der Waals surface area contributed by atoms with E-state index in [1.807, 2.05) is 31.2 Å². The fourth-order valence-corrected chi connectivity index (χ4v) is 3.81. The van der Waals surface area contributed by atoms with Crippen molar-refractivity contribution in [2.75, 3.05) is 6.61 Å². The summed E-state index contributed by atoms with van der Waals surface area (Å²) in [6, 6.07) is 20.3. The number of benzene rings is 3. The zero-order valence-corrected chi connectivity index (χ0v) is 18.0. The van der Waals surface area contributed by atoms with Crippen LogP contribution in [0.1, 0.15) is 56.9 Å². The van der Waals surface area contributed by atoms with Gasteiger partial charge in [-0.25, -0.2) is 0 Å². The highest BCUT2D eigenvalue weighted by molar-refractivity contribution is 6.30. The molecule has 0 amide bonds. The first kappa shape index (κ1) is 21.1. The topological polar surface area (TPSA) is 26.3 Å². The van der Waals surface area contributed by atoms with Crippen molar-refractivity contribution in [2.45, 2.75) is 39.5 Å². The lowest BCUT2D eigenvalue weighted by Crippen LogP contribution is -2.06. The monoisotopic (exact) mass is 406 g/mol. The highest BCUT2D eigenvalue weighted by Crippen LogP contribution is 2.32. The molecule has 1 unspecified atom stereocenters. The molecule has 0 saturated heterocycles. The zero-order valence-electron chi connectivity index (χ0n) is 17.2. The second kappa shape index (κ2) is 9.76. The lowest BCUT2D eigenvalue weighted by Gasteiger charge is -2.20. The molecule has 150 valence electrons. The standard InChI is InChI=1S/C26H27ClO2/c1-18-9-11-23(15-19(18)2)25(22-6-4-7-24(27)16-22)8-5-13-29-26-12-10-21(17-28)14-20(26)3/h4,6-7,9-12,14-17,25H,5,8,13H2,1-3H3. The van der Waals surface area contributed by atoms with E-state index in [2.05, 4.69) is 44.2 Å². The second-order valence-corrected chi connectivity index (χ2v) is 8.02. The SMILES string of the molecule is Cc1ccc(C(CCCOc2ccc(C=O)cc2C)c2cccc(Cl)c2)cc1C. The number of carbonyl (C=O) groups excluding carboxylic acids is 1. The van der Waals surface area contributed by atoms with Crippen LogP contribution in [0.25, 0.3) is 0 Å². The molecule has 0 aliphatic heterocycles. The molecule has 0 aliphatic carbocycles. The van der Waals surface area contributed by atoms with Crippen LogP contribution < -0.4 is 4.74 Å². The number of halogens is 1. The van der Waals surface area contributed by atoms with Crippen LogP contribution in [0.4, 0.5) is 0 Å². The highest BCUT2D eigenvalue weighted by atomic mass is 35.5. The van der Waals surface area contributed by atoms with Crippen LogP contribution in [0.15, 0.2) is 60.7 Å². The van der Waals surface area contributed by atoms with Crippen molar-refractivity contribution in [3.8, 4) is 5.75 Å². The van der Waals surface area contributed by atoms with Gasteiger partial charge in [0.2, 0.25) is 0 Å². The van der Waals surface area contributed by atoms with Crippen LogP contribution in [-0.4, -0.2) is 12.9 Å². The third kappa shape index (κ3) is 5.48. The smallest absolute Gasteiger partial charge is 0.150 e. The minimum Gasteiger partial charge on any atom is -0.493 e. The molecule has 0 N–H and O–H groups in total. The molecule has 0 fully saturated rings. The van der Waals surface area contributed by atoms with Gasteiger partial charge in [-0.15, -0.1) is 0 Å². The first-order chi connectivity index (χ1) is 14.0. The maximum Gasteiger partial charge on any atom is 0.150 e. The summed E-state index contributed by atoms with van der Waals surface area (Å²) >= 11 is 6.27. The molecule has 0 heterocycles. The molecule has 0 bridgehead atoms. The summed E-state index contributed by atoms with van der Waals surface area (Å²) in [5.41, 5.74) is 6.79. The van der Waals surface area contributed by atoms with Crippen LogP contribution in [-0.2, 0) is 0 Å². The molecule has 0 saturated carbocycles. The molecule has 3 aromatic rings. The fraction of sp³-hybridized carbons (Fsp3) is 0.269. The van der Waals surface area contributed by atoms with Crippen molar-refractivity contribution in [2.24, 2.45) is 0 Å². The minimum atomic E-state index is 0.273. The van der Waals surface area contributed by atoms with Crippen molar-refractivity contribution in [1.82, 2.24) is 0 Å². The maximum absolute atomic E-state index is 10.9. The lowest BCUT2D eigenvalue weighted by atomic mass is 9.86. The molecule has 0 radical (unpaired) electrons. The Morgan fingerprint density at radius 1 is 0.897 bits per heavy atom. The predicted molar refractivity (Wildman–Crippen MR) is 121 cm³/mol. The molecule has 0 spiro atoms. The van der Waals surface area contributed by atoms with Gasteiger partial charge >= 0.3 is 0 Å². The van der Waals surface area contributed by atoms with E-state index < -0.39 is 0 Å². The highest BCUT2D eigenvalue weighted by Gasteiger charge is 2.15. The summed E-state index contributed by atoms with van der Waals surface area (Å²) in [4.78, 5) is 10.9. The molecular weight excluding hydrogens is 380 g/mol. The third-order valence-electron chi connectivity index (χ3n) is 5.41. The van der Waals surface area contributed by atoms with Crippen LogP contribution in [0.5, 0.6) is 5.75 Å². The Labute approximate surface area is 178 Å². The van der Waals surface area contributed by atoms with E-state index in [9.17, 15) is 4.79 Å². The van der Waals surface area contributed by atoms with Gasteiger partial charge in [0.1, 0.15) is 12.0 Å². The third-order valence-corrected chi connectivity index (χ3v) is 5.65. The van der Waals surface area contributed by atoms with Gasteiger partial charge in [-0.05, 0) is 91.8 Å². The first-order valence-corrected chi connectivity index (χ1v) is 10.4. The summed E-state index contributed by atoms with van der Waals surface area (Å²) in [6.07, 6.45) is 2.74. The van der Waals surface area contributed by atoms with E-state index in [0.29, 0.717) is 12.2 Å². The summed E-state index contributed by atoms with van der Waals surface area (Å²) < 4.78 is 5.98. The van der Waals surface area contributed by atoms with Gasteiger partial charge in [0.15, 0.2) is 0 Å². The lowest BCUT2D eigenvalue weighted by molar-refractivity contribution is 0.112. The Morgan fingerprint density at radius 2 is 1.69 bits per heavy atom. The average molecular weight is 407 g/mol. The summed E-state index contributed by atoms with van der Waals surface area (Å²) in [5, 5.41) is 0.762. The van der Waals surface area contributed by atoms with E-state index in [1.165, 1.54) is 22.3 Å². The number of carbonyl (C=O) groups is 1. The van der Waals surface area contributed by atoms with Crippen molar-refractivity contribution in [1.29, 1.82) is 0 Å². The predicted octanol–water partition coefficient (Wildman–Crippen LogP) is 7.07. The molecule has 3 aromatic carbocycles. The molecule has 0 aromatic heterocycles. The zero-order chi connectivity index (χ0) is 20.8. The van der Waals surface area contributed by atoms with Crippen LogP contribution in [0, 0.1) is 20.8 Å². The van der Waals surface area contributed by atoms with Gasteiger partial charge in [-0.3, -0.25) is 4.79 Å². The van der Waals surface area contributed by atoms with Crippen LogP contribution in [0.3, 0.4) is 0 Å². The van der Waals surface area contributed by atoms with Gasteiger partial charge in [0.05, 0.1) is 6.61 Å². The summed E-state index contributed by atoms with van der Waals surface area (Å²) in [6.45, 7) is 6.89. The Kier molecular flexibility index (Phi) is 7.11.